The molecule has 0 spiro atoms. The van der Waals surface area contributed by atoms with Crippen molar-refractivity contribution >= 4 is 24.2 Å². The summed E-state index contributed by atoms with van der Waals surface area (Å²) in [5.74, 6) is 1.37. The van der Waals surface area contributed by atoms with Gasteiger partial charge in [0, 0.05) is 31.7 Å². The molecule has 1 aliphatic rings. The van der Waals surface area contributed by atoms with E-state index in [9.17, 15) is 9.59 Å². The maximum atomic E-state index is 12.7. The van der Waals surface area contributed by atoms with Crippen LogP contribution in [0.2, 0.25) is 0 Å². The van der Waals surface area contributed by atoms with E-state index in [1.807, 2.05) is 13.8 Å². The minimum Gasteiger partial charge on any atom is -0.493 e. The van der Waals surface area contributed by atoms with Crippen LogP contribution in [0.15, 0.2) is 18.2 Å². The van der Waals surface area contributed by atoms with Gasteiger partial charge in [0.25, 0.3) is 5.91 Å². The monoisotopic (exact) mass is 399 g/mol. The van der Waals surface area contributed by atoms with Gasteiger partial charge in [0.05, 0.1) is 20.3 Å². The number of piperazine rings is 1. The largest absolute Gasteiger partial charge is 0.493 e. The molecule has 0 aliphatic carbocycles. The second-order valence-corrected chi connectivity index (χ2v) is 6.92. The van der Waals surface area contributed by atoms with Gasteiger partial charge in [-0.25, -0.2) is 0 Å². The van der Waals surface area contributed by atoms with E-state index in [1.165, 1.54) is 7.11 Å². The predicted octanol–water partition coefficient (Wildman–Crippen LogP) is 1.78. The van der Waals surface area contributed by atoms with Crippen LogP contribution >= 0.6 is 12.4 Å². The van der Waals surface area contributed by atoms with Crippen molar-refractivity contribution in [3.63, 3.8) is 0 Å². The quantitative estimate of drug-likeness (QED) is 0.788. The highest BCUT2D eigenvalue weighted by molar-refractivity contribution is 5.95. The highest BCUT2D eigenvalue weighted by atomic mass is 35.5. The maximum absolute atomic E-state index is 12.7. The predicted molar refractivity (Wildman–Crippen MR) is 107 cm³/mol. The number of benzene rings is 1. The molecular weight excluding hydrogens is 370 g/mol. The molecule has 1 saturated heterocycles. The van der Waals surface area contributed by atoms with Gasteiger partial charge >= 0.3 is 0 Å². The minimum absolute atomic E-state index is 0. The Balaban J connectivity index is 0.00000364. The molecular formula is C19H30ClN3O4. The van der Waals surface area contributed by atoms with Gasteiger partial charge in [-0.05, 0) is 30.5 Å². The Kier molecular flexibility index (Phi) is 8.85. The van der Waals surface area contributed by atoms with E-state index in [-0.39, 0.29) is 24.2 Å². The number of ether oxygens (including phenoxy) is 2. The number of hydrogen-bond acceptors (Lipinski definition) is 5. The standard InChI is InChI=1S/C19H29N3O4.ClH/c1-13(2)11-15(20)19(24)22-9-7-21(8-10-22)18(23)14-5-6-16(25-3)17(12-14)26-4;/h5-6,12-13,15H,7-11,20H2,1-4H3;1H/t15-;/m0./s1. The lowest BCUT2D eigenvalue weighted by Crippen LogP contribution is -2.54. The first kappa shape index (κ1) is 23.0. The van der Waals surface area contributed by atoms with Crippen LogP contribution in [0.4, 0.5) is 0 Å². The van der Waals surface area contributed by atoms with E-state index < -0.39 is 6.04 Å². The van der Waals surface area contributed by atoms with Gasteiger partial charge < -0.3 is 25.0 Å². The van der Waals surface area contributed by atoms with Crippen LogP contribution in [0, 0.1) is 5.92 Å². The van der Waals surface area contributed by atoms with Crippen LogP contribution in [-0.4, -0.2) is 68.1 Å². The molecule has 7 nitrogen and oxygen atoms in total. The summed E-state index contributed by atoms with van der Waals surface area (Å²) in [5, 5.41) is 0. The van der Waals surface area contributed by atoms with Crippen molar-refractivity contribution in [1.82, 2.24) is 9.80 Å². The first-order chi connectivity index (χ1) is 12.4. The third-order valence-corrected chi connectivity index (χ3v) is 4.55. The molecule has 2 rings (SSSR count). The number of halogens is 1. The summed E-state index contributed by atoms with van der Waals surface area (Å²) in [6.45, 7) is 6.09. The lowest BCUT2D eigenvalue weighted by molar-refractivity contribution is -0.134. The molecule has 1 aliphatic heterocycles. The Morgan fingerprint density at radius 2 is 1.59 bits per heavy atom. The first-order valence-corrected chi connectivity index (χ1v) is 8.93. The maximum Gasteiger partial charge on any atom is 0.254 e. The third kappa shape index (κ3) is 5.74. The topological polar surface area (TPSA) is 85.1 Å². The zero-order valence-electron chi connectivity index (χ0n) is 16.4. The van der Waals surface area contributed by atoms with Crippen LogP contribution in [0.3, 0.4) is 0 Å². The lowest BCUT2D eigenvalue weighted by Gasteiger charge is -2.36. The van der Waals surface area contributed by atoms with Crippen molar-refractivity contribution in [2.75, 3.05) is 40.4 Å². The molecule has 27 heavy (non-hydrogen) atoms. The Morgan fingerprint density at radius 3 is 2.11 bits per heavy atom. The summed E-state index contributed by atoms with van der Waals surface area (Å²) in [6.07, 6.45) is 0.670. The molecule has 2 N–H and O–H groups in total. The third-order valence-electron chi connectivity index (χ3n) is 4.55. The molecule has 8 heteroatoms. The van der Waals surface area contributed by atoms with Crippen LogP contribution < -0.4 is 15.2 Å². The van der Waals surface area contributed by atoms with Crippen LogP contribution in [0.25, 0.3) is 0 Å². The van der Waals surface area contributed by atoms with E-state index in [0.29, 0.717) is 55.6 Å². The number of methoxy groups -OCH3 is 2. The SMILES string of the molecule is COc1ccc(C(=O)N2CCN(C(=O)[C@@H](N)CC(C)C)CC2)cc1OC.Cl. The molecule has 0 saturated carbocycles. The normalized spacial score (nSPS) is 15.2. The number of amides is 2. The summed E-state index contributed by atoms with van der Waals surface area (Å²) in [6, 6.07) is 4.65. The second-order valence-electron chi connectivity index (χ2n) is 6.92. The molecule has 1 aromatic carbocycles. The van der Waals surface area contributed by atoms with E-state index in [2.05, 4.69) is 0 Å². The number of carbonyl (C=O) groups is 2. The van der Waals surface area contributed by atoms with Gasteiger partial charge in [-0.1, -0.05) is 13.8 Å². The fraction of sp³-hybridized carbons (Fsp3) is 0.579. The highest BCUT2D eigenvalue weighted by Gasteiger charge is 2.28. The van der Waals surface area contributed by atoms with E-state index in [4.69, 9.17) is 15.2 Å². The minimum atomic E-state index is -0.469. The molecule has 1 aromatic rings. The van der Waals surface area contributed by atoms with Crippen molar-refractivity contribution in [3.8, 4) is 11.5 Å². The number of nitrogens with zero attached hydrogens (tertiary/aromatic N) is 2. The zero-order chi connectivity index (χ0) is 19.3. The Hall–Kier alpha value is -1.99. The van der Waals surface area contributed by atoms with Crippen molar-refractivity contribution in [2.45, 2.75) is 26.3 Å². The Morgan fingerprint density at radius 1 is 1.04 bits per heavy atom. The molecule has 152 valence electrons. The van der Waals surface area contributed by atoms with Crippen molar-refractivity contribution in [3.05, 3.63) is 23.8 Å². The van der Waals surface area contributed by atoms with Gasteiger partial charge in [0.2, 0.25) is 5.91 Å². The Bertz CT molecular complexity index is 646. The summed E-state index contributed by atoms with van der Waals surface area (Å²) in [7, 11) is 3.09. The zero-order valence-corrected chi connectivity index (χ0v) is 17.3. The average molecular weight is 400 g/mol. The van der Waals surface area contributed by atoms with Gasteiger partial charge in [-0.3, -0.25) is 9.59 Å². The first-order valence-electron chi connectivity index (χ1n) is 8.93. The number of rotatable bonds is 6. The molecule has 1 fully saturated rings. The van der Waals surface area contributed by atoms with Crippen molar-refractivity contribution < 1.29 is 19.1 Å². The fourth-order valence-corrected chi connectivity index (χ4v) is 3.12. The van der Waals surface area contributed by atoms with Gasteiger partial charge in [0.1, 0.15) is 0 Å². The van der Waals surface area contributed by atoms with Gasteiger partial charge in [-0.15, -0.1) is 12.4 Å². The number of nitrogens with two attached hydrogens (primary N) is 1. The van der Waals surface area contributed by atoms with Gasteiger partial charge in [-0.2, -0.15) is 0 Å². The highest BCUT2D eigenvalue weighted by Crippen LogP contribution is 2.28. The van der Waals surface area contributed by atoms with Crippen LogP contribution in [0.1, 0.15) is 30.6 Å². The molecule has 2 amide bonds. The smallest absolute Gasteiger partial charge is 0.254 e. The molecule has 0 unspecified atom stereocenters. The Labute approximate surface area is 167 Å². The molecule has 0 radical (unpaired) electrons. The van der Waals surface area contributed by atoms with E-state index in [1.54, 1.807) is 35.1 Å². The lowest BCUT2D eigenvalue weighted by atomic mass is 10.0. The summed E-state index contributed by atoms with van der Waals surface area (Å²) < 4.78 is 10.5. The summed E-state index contributed by atoms with van der Waals surface area (Å²) in [4.78, 5) is 28.6. The van der Waals surface area contributed by atoms with Crippen molar-refractivity contribution in [2.24, 2.45) is 11.7 Å². The van der Waals surface area contributed by atoms with Crippen molar-refractivity contribution in [1.29, 1.82) is 0 Å². The number of hydrogen-bond donors (Lipinski definition) is 1. The average Bonchev–Trinajstić information content (AvgIpc) is 2.65. The molecule has 0 bridgehead atoms. The van der Waals surface area contributed by atoms with E-state index >= 15 is 0 Å². The van der Waals surface area contributed by atoms with Gasteiger partial charge in [0.15, 0.2) is 11.5 Å². The molecule has 0 aromatic heterocycles. The van der Waals surface area contributed by atoms with Crippen LogP contribution in [-0.2, 0) is 4.79 Å². The second kappa shape index (κ2) is 10.4. The van der Waals surface area contributed by atoms with E-state index in [0.717, 1.165) is 0 Å². The summed E-state index contributed by atoms with van der Waals surface area (Å²) in [5.41, 5.74) is 6.54. The molecule has 1 heterocycles. The summed E-state index contributed by atoms with van der Waals surface area (Å²) >= 11 is 0. The molecule has 1 atom stereocenters. The van der Waals surface area contributed by atoms with Crippen LogP contribution in [0.5, 0.6) is 11.5 Å². The number of carbonyl (C=O) groups excluding carboxylic acids is 2. The fourth-order valence-electron chi connectivity index (χ4n) is 3.12.